The van der Waals surface area contributed by atoms with Crippen molar-refractivity contribution in [1.29, 1.82) is 0 Å². The van der Waals surface area contributed by atoms with Crippen LogP contribution in [0.3, 0.4) is 0 Å². The number of allylic oxidation sites excluding steroid dienone is 4. The Hall–Kier alpha value is -0.560. The normalized spacial score (nSPS) is 20.0. The molecule has 0 radical (unpaired) electrons. The van der Waals surface area contributed by atoms with Crippen LogP contribution in [-0.4, -0.2) is 25.5 Å². The van der Waals surface area contributed by atoms with Gasteiger partial charge in [-0.05, 0) is 25.9 Å². The number of hydrogen-bond donors (Lipinski definition) is 0. The van der Waals surface area contributed by atoms with E-state index in [2.05, 4.69) is 50.2 Å². The fourth-order valence-corrected chi connectivity index (χ4v) is 1.53. The topological polar surface area (TPSA) is 3.24 Å². The second-order valence-corrected chi connectivity index (χ2v) is 3.59. The van der Waals surface area contributed by atoms with Gasteiger partial charge in [0.2, 0.25) is 0 Å². The first kappa shape index (κ1) is 8.54. The van der Waals surface area contributed by atoms with Crippen molar-refractivity contribution in [2.24, 2.45) is 11.8 Å². The van der Waals surface area contributed by atoms with Crippen LogP contribution < -0.4 is 0 Å². The SMILES string of the molecule is CC(CN(C)C)C1C=CC=C1. The lowest BCUT2D eigenvalue weighted by molar-refractivity contribution is 0.315. The van der Waals surface area contributed by atoms with Gasteiger partial charge in [0.05, 0.1) is 0 Å². The first-order valence-corrected chi connectivity index (χ1v) is 4.20. The predicted octanol–water partition coefficient (Wildman–Crippen LogP) is 1.93. The summed E-state index contributed by atoms with van der Waals surface area (Å²) in [5, 5.41) is 0. The van der Waals surface area contributed by atoms with Crippen LogP contribution in [-0.2, 0) is 0 Å². The molecule has 1 aliphatic carbocycles. The van der Waals surface area contributed by atoms with Crippen LogP contribution >= 0.6 is 0 Å². The molecule has 11 heavy (non-hydrogen) atoms. The van der Waals surface area contributed by atoms with E-state index in [0.717, 1.165) is 5.92 Å². The van der Waals surface area contributed by atoms with Crippen LogP contribution in [0.4, 0.5) is 0 Å². The Morgan fingerprint density at radius 2 is 1.82 bits per heavy atom. The molecule has 0 amide bonds. The highest BCUT2D eigenvalue weighted by molar-refractivity contribution is 5.18. The standard InChI is InChI=1S/C10H17N/c1-9(8-11(2)3)10-6-4-5-7-10/h4-7,9-10H,8H2,1-3H3. The van der Waals surface area contributed by atoms with E-state index < -0.39 is 0 Å². The number of rotatable bonds is 3. The average molecular weight is 151 g/mol. The van der Waals surface area contributed by atoms with Crippen LogP contribution in [0.5, 0.6) is 0 Å². The Balaban J connectivity index is 2.35. The molecule has 0 saturated carbocycles. The quantitative estimate of drug-likeness (QED) is 0.595. The molecule has 0 N–H and O–H groups in total. The van der Waals surface area contributed by atoms with Gasteiger partial charge in [-0.3, -0.25) is 0 Å². The summed E-state index contributed by atoms with van der Waals surface area (Å²) in [6.07, 6.45) is 8.82. The van der Waals surface area contributed by atoms with Crippen molar-refractivity contribution in [3.8, 4) is 0 Å². The third-order valence-corrected chi connectivity index (χ3v) is 2.09. The maximum absolute atomic E-state index is 2.30. The summed E-state index contributed by atoms with van der Waals surface area (Å²) in [4.78, 5) is 2.24. The summed E-state index contributed by atoms with van der Waals surface area (Å²) in [5.74, 6) is 1.40. The third kappa shape index (κ3) is 2.51. The average Bonchev–Trinajstić information content (AvgIpc) is 2.35. The molecule has 1 nitrogen and oxygen atoms in total. The van der Waals surface area contributed by atoms with E-state index in [4.69, 9.17) is 0 Å². The minimum atomic E-state index is 0.664. The van der Waals surface area contributed by atoms with Crippen molar-refractivity contribution < 1.29 is 0 Å². The lowest BCUT2D eigenvalue weighted by Gasteiger charge is -2.20. The van der Waals surface area contributed by atoms with Crippen LogP contribution in [0.1, 0.15) is 6.92 Å². The predicted molar refractivity (Wildman–Crippen MR) is 49.5 cm³/mol. The van der Waals surface area contributed by atoms with Gasteiger partial charge >= 0.3 is 0 Å². The summed E-state index contributed by atoms with van der Waals surface area (Å²) in [6, 6.07) is 0. The molecule has 1 heteroatoms. The maximum Gasteiger partial charge on any atom is 0.000955 e. The van der Waals surface area contributed by atoms with Crippen molar-refractivity contribution in [3.63, 3.8) is 0 Å². The molecule has 0 aromatic carbocycles. The van der Waals surface area contributed by atoms with Gasteiger partial charge in [0.15, 0.2) is 0 Å². The van der Waals surface area contributed by atoms with E-state index in [1.54, 1.807) is 0 Å². The smallest absolute Gasteiger partial charge is 0.000955 e. The molecular weight excluding hydrogens is 134 g/mol. The monoisotopic (exact) mass is 151 g/mol. The maximum atomic E-state index is 2.30. The Bertz CT molecular complexity index is 156. The zero-order valence-electron chi connectivity index (χ0n) is 7.62. The largest absolute Gasteiger partial charge is 0.309 e. The molecule has 1 aliphatic rings. The molecule has 1 rings (SSSR count). The van der Waals surface area contributed by atoms with E-state index in [-0.39, 0.29) is 0 Å². The van der Waals surface area contributed by atoms with E-state index in [0.29, 0.717) is 5.92 Å². The van der Waals surface area contributed by atoms with Gasteiger partial charge in [0, 0.05) is 6.54 Å². The van der Waals surface area contributed by atoms with E-state index >= 15 is 0 Å². The first-order chi connectivity index (χ1) is 5.20. The molecule has 0 heterocycles. The van der Waals surface area contributed by atoms with Crippen LogP contribution in [0.2, 0.25) is 0 Å². The fourth-order valence-electron chi connectivity index (χ4n) is 1.53. The van der Waals surface area contributed by atoms with E-state index in [9.17, 15) is 0 Å². The van der Waals surface area contributed by atoms with Gasteiger partial charge < -0.3 is 4.90 Å². The molecule has 0 fully saturated rings. The summed E-state index contributed by atoms with van der Waals surface area (Å²) < 4.78 is 0. The minimum absolute atomic E-state index is 0.664. The van der Waals surface area contributed by atoms with Gasteiger partial charge in [-0.15, -0.1) is 0 Å². The van der Waals surface area contributed by atoms with E-state index in [1.165, 1.54) is 6.54 Å². The molecule has 1 unspecified atom stereocenters. The summed E-state index contributed by atoms with van der Waals surface area (Å²) in [5.41, 5.74) is 0. The van der Waals surface area contributed by atoms with Gasteiger partial charge in [0.25, 0.3) is 0 Å². The summed E-state index contributed by atoms with van der Waals surface area (Å²) >= 11 is 0. The molecule has 0 saturated heterocycles. The first-order valence-electron chi connectivity index (χ1n) is 4.20. The molecule has 0 aromatic heterocycles. The number of nitrogens with zero attached hydrogens (tertiary/aromatic N) is 1. The van der Waals surface area contributed by atoms with Gasteiger partial charge in [-0.25, -0.2) is 0 Å². The van der Waals surface area contributed by atoms with Crippen molar-refractivity contribution in [2.75, 3.05) is 20.6 Å². The summed E-state index contributed by atoms with van der Waals surface area (Å²) in [6.45, 7) is 3.46. The zero-order chi connectivity index (χ0) is 8.27. The Labute approximate surface area is 69.4 Å². The molecular formula is C10H17N. The molecule has 1 atom stereocenters. The molecule has 62 valence electrons. The molecule has 0 bridgehead atoms. The van der Waals surface area contributed by atoms with Gasteiger partial charge in [-0.2, -0.15) is 0 Å². The molecule has 0 aromatic rings. The Kier molecular flexibility index (Phi) is 2.89. The van der Waals surface area contributed by atoms with Crippen LogP contribution in [0, 0.1) is 11.8 Å². The van der Waals surface area contributed by atoms with Gasteiger partial charge in [-0.1, -0.05) is 31.2 Å². The Morgan fingerprint density at radius 3 is 2.27 bits per heavy atom. The second-order valence-electron chi connectivity index (χ2n) is 3.59. The highest BCUT2D eigenvalue weighted by Crippen LogP contribution is 2.19. The Morgan fingerprint density at radius 1 is 1.27 bits per heavy atom. The lowest BCUT2D eigenvalue weighted by atomic mass is 9.95. The third-order valence-electron chi connectivity index (χ3n) is 2.09. The van der Waals surface area contributed by atoms with Crippen molar-refractivity contribution in [3.05, 3.63) is 24.3 Å². The van der Waals surface area contributed by atoms with Gasteiger partial charge in [0.1, 0.15) is 0 Å². The van der Waals surface area contributed by atoms with Crippen molar-refractivity contribution >= 4 is 0 Å². The van der Waals surface area contributed by atoms with Crippen LogP contribution in [0.15, 0.2) is 24.3 Å². The fraction of sp³-hybridized carbons (Fsp3) is 0.600. The molecule has 0 spiro atoms. The van der Waals surface area contributed by atoms with E-state index in [1.807, 2.05) is 0 Å². The highest BCUT2D eigenvalue weighted by Gasteiger charge is 2.13. The van der Waals surface area contributed by atoms with Crippen molar-refractivity contribution in [2.45, 2.75) is 6.92 Å². The number of hydrogen-bond acceptors (Lipinski definition) is 1. The van der Waals surface area contributed by atoms with Crippen molar-refractivity contribution in [1.82, 2.24) is 4.90 Å². The highest BCUT2D eigenvalue weighted by atomic mass is 15.1. The second kappa shape index (κ2) is 3.72. The lowest BCUT2D eigenvalue weighted by Crippen LogP contribution is -2.23. The summed E-state index contributed by atoms with van der Waals surface area (Å²) in [7, 11) is 4.25. The zero-order valence-corrected chi connectivity index (χ0v) is 7.62. The van der Waals surface area contributed by atoms with Crippen LogP contribution in [0.25, 0.3) is 0 Å². The molecule has 0 aliphatic heterocycles. The minimum Gasteiger partial charge on any atom is -0.309 e.